The van der Waals surface area contributed by atoms with Crippen molar-refractivity contribution in [1.82, 2.24) is 19.7 Å². The number of ether oxygens (including phenoxy) is 1. The largest absolute Gasteiger partial charge is 0.375 e. The summed E-state index contributed by atoms with van der Waals surface area (Å²) in [6, 6.07) is 6.24. The van der Waals surface area contributed by atoms with Crippen LogP contribution in [0.2, 0.25) is 0 Å². The van der Waals surface area contributed by atoms with Gasteiger partial charge >= 0.3 is 0 Å². The Morgan fingerprint density at radius 3 is 2.95 bits per heavy atom. The molecule has 1 aliphatic carbocycles. The maximum atomic E-state index is 6.16. The Labute approximate surface area is 130 Å². The van der Waals surface area contributed by atoms with E-state index in [9.17, 15) is 0 Å². The molecular weight excluding hydrogens is 276 g/mol. The normalized spacial score (nSPS) is 22.3. The van der Waals surface area contributed by atoms with E-state index in [0.717, 1.165) is 38.7 Å². The minimum atomic E-state index is 0.221. The zero-order valence-electron chi connectivity index (χ0n) is 12.8. The molecule has 1 saturated carbocycles. The van der Waals surface area contributed by atoms with Crippen molar-refractivity contribution >= 4 is 0 Å². The minimum absolute atomic E-state index is 0.221. The van der Waals surface area contributed by atoms with Crippen LogP contribution >= 0.6 is 0 Å². The smallest absolute Gasteiger partial charge is 0.0897 e. The summed E-state index contributed by atoms with van der Waals surface area (Å²) < 4.78 is 8.26. The van der Waals surface area contributed by atoms with Crippen molar-refractivity contribution in [1.29, 1.82) is 0 Å². The molecule has 0 amide bonds. The third-order valence-electron chi connectivity index (χ3n) is 4.42. The van der Waals surface area contributed by atoms with Gasteiger partial charge in [0.15, 0.2) is 0 Å². The zero-order chi connectivity index (χ0) is 14.8. The first kappa shape index (κ1) is 13.9. The van der Waals surface area contributed by atoms with Crippen LogP contribution in [0.15, 0.2) is 36.8 Å². The average Bonchev–Trinajstić information content (AvgIpc) is 3.29. The summed E-state index contributed by atoms with van der Waals surface area (Å²) in [6.45, 7) is 4.53. The Bertz CT molecular complexity index is 608. The summed E-state index contributed by atoms with van der Waals surface area (Å²) in [4.78, 5) is 6.66. The molecule has 0 aromatic carbocycles. The number of hydrogen-bond donors (Lipinski definition) is 0. The van der Waals surface area contributed by atoms with Crippen LogP contribution < -0.4 is 0 Å². The fourth-order valence-electron chi connectivity index (χ4n) is 3.02. The Balaban J connectivity index is 1.47. The van der Waals surface area contributed by atoms with E-state index in [1.165, 1.54) is 24.1 Å². The number of nitrogens with zero attached hydrogens (tertiary/aromatic N) is 4. The number of aromatic nitrogens is 3. The third kappa shape index (κ3) is 3.36. The Kier molecular flexibility index (Phi) is 3.91. The molecule has 0 N–H and O–H groups in total. The van der Waals surface area contributed by atoms with Gasteiger partial charge in [0.2, 0.25) is 0 Å². The average molecular weight is 298 g/mol. The van der Waals surface area contributed by atoms with Crippen molar-refractivity contribution in [3.8, 4) is 0 Å². The highest BCUT2D eigenvalue weighted by atomic mass is 16.5. The number of pyridine rings is 1. The molecule has 22 heavy (non-hydrogen) atoms. The van der Waals surface area contributed by atoms with Crippen LogP contribution in [-0.2, 0) is 24.4 Å². The zero-order valence-corrected chi connectivity index (χ0v) is 12.8. The molecule has 1 fully saturated rings. The summed E-state index contributed by atoms with van der Waals surface area (Å²) in [6.07, 6.45) is 8.54. The first-order valence-electron chi connectivity index (χ1n) is 8.10. The van der Waals surface area contributed by atoms with E-state index in [4.69, 9.17) is 4.74 Å². The topological polar surface area (TPSA) is 43.2 Å². The van der Waals surface area contributed by atoms with Crippen molar-refractivity contribution < 1.29 is 4.74 Å². The summed E-state index contributed by atoms with van der Waals surface area (Å²) in [5.41, 5.74) is 2.51. The molecule has 1 aliphatic heterocycles. The van der Waals surface area contributed by atoms with Crippen LogP contribution in [0.25, 0.3) is 0 Å². The minimum Gasteiger partial charge on any atom is -0.375 e. The lowest BCUT2D eigenvalue weighted by Gasteiger charge is -2.24. The molecule has 5 nitrogen and oxygen atoms in total. The van der Waals surface area contributed by atoms with E-state index in [0.29, 0.717) is 0 Å². The van der Waals surface area contributed by atoms with E-state index in [-0.39, 0.29) is 6.10 Å². The van der Waals surface area contributed by atoms with Crippen LogP contribution in [0.4, 0.5) is 0 Å². The van der Waals surface area contributed by atoms with Gasteiger partial charge in [0.1, 0.15) is 0 Å². The molecule has 2 aliphatic rings. The van der Waals surface area contributed by atoms with Gasteiger partial charge in [0.25, 0.3) is 0 Å². The lowest BCUT2D eigenvalue weighted by molar-refractivity contribution is 0.0123. The molecule has 0 bridgehead atoms. The molecule has 0 radical (unpaired) electrons. The second kappa shape index (κ2) is 6.18. The summed E-state index contributed by atoms with van der Waals surface area (Å²) >= 11 is 0. The Hall–Kier alpha value is -1.72. The molecular formula is C17H22N4O. The quantitative estimate of drug-likeness (QED) is 0.848. The SMILES string of the molecule is c1cncc(CN2Cc3ccnn3C[C@H](OCC3CC3)C2)c1. The van der Waals surface area contributed by atoms with Gasteiger partial charge < -0.3 is 4.74 Å². The van der Waals surface area contributed by atoms with Gasteiger partial charge in [-0.2, -0.15) is 5.10 Å². The standard InChI is InChI=1S/C17H22N4O/c1-2-15(8-18-6-1)9-20-10-16-5-7-19-21(16)12-17(11-20)22-13-14-3-4-14/h1-2,5-8,14,17H,3-4,9-13H2/t17-/m1/s1. The van der Waals surface area contributed by atoms with Crippen LogP contribution in [-0.4, -0.2) is 38.9 Å². The molecule has 2 aromatic heterocycles. The fourth-order valence-corrected chi connectivity index (χ4v) is 3.02. The van der Waals surface area contributed by atoms with Crippen LogP contribution in [0.3, 0.4) is 0 Å². The summed E-state index contributed by atoms with van der Waals surface area (Å²) in [7, 11) is 0. The van der Waals surface area contributed by atoms with Crippen molar-refractivity contribution in [2.45, 2.75) is 38.6 Å². The van der Waals surface area contributed by atoms with Crippen molar-refractivity contribution in [3.63, 3.8) is 0 Å². The molecule has 4 rings (SSSR count). The van der Waals surface area contributed by atoms with Crippen molar-refractivity contribution in [3.05, 3.63) is 48.0 Å². The van der Waals surface area contributed by atoms with E-state index in [1.807, 2.05) is 24.7 Å². The van der Waals surface area contributed by atoms with Crippen molar-refractivity contribution in [2.75, 3.05) is 13.2 Å². The van der Waals surface area contributed by atoms with Crippen LogP contribution in [0, 0.1) is 5.92 Å². The molecule has 0 spiro atoms. The molecule has 3 heterocycles. The highest BCUT2D eigenvalue weighted by Gasteiger charge is 2.26. The summed E-state index contributed by atoms with van der Waals surface area (Å²) in [5, 5.41) is 4.45. The maximum Gasteiger partial charge on any atom is 0.0897 e. The predicted octanol–water partition coefficient (Wildman–Crippen LogP) is 2.09. The second-order valence-electron chi connectivity index (χ2n) is 6.43. The Morgan fingerprint density at radius 1 is 1.18 bits per heavy atom. The number of rotatable bonds is 5. The lowest BCUT2D eigenvalue weighted by Crippen LogP contribution is -2.33. The first-order chi connectivity index (χ1) is 10.9. The van der Waals surface area contributed by atoms with Gasteiger partial charge in [0, 0.05) is 44.8 Å². The summed E-state index contributed by atoms with van der Waals surface area (Å²) in [5.74, 6) is 0.798. The van der Waals surface area contributed by atoms with Crippen LogP contribution in [0.5, 0.6) is 0 Å². The van der Waals surface area contributed by atoms with Crippen molar-refractivity contribution in [2.24, 2.45) is 5.92 Å². The molecule has 0 saturated heterocycles. The highest BCUT2D eigenvalue weighted by molar-refractivity contribution is 5.10. The third-order valence-corrected chi connectivity index (χ3v) is 4.42. The van der Waals surface area contributed by atoms with Gasteiger partial charge in [-0.1, -0.05) is 6.07 Å². The van der Waals surface area contributed by atoms with Crippen LogP contribution in [0.1, 0.15) is 24.1 Å². The van der Waals surface area contributed by atoms with Gasteiger partial charge in [-0.05, 0) is 36.5 Å². The molecule has 5 heteroatoms. The van der Waals surface area contributed by atoms with Gasteiger partial charge in [-0.15, -0.1) is 0 Å². The molecule has 1 atom stereocenters. The second-order valence-corrected chi connectivity index (χ2v) is 6.43. The predicted molar refractivity (Wildman–Crippen MR) is 83.0 cm³/mol. The number of fused-ring (bicyclic) bond motifs is 1. The van der Waals surface area contributed by atoms with E-state index in [2.05, 4.69) is 31.8 Å². The monoisotopic (exact) mass is 298 g/mol. The first-order valence-corrected chi connectivity index (χ1v) is 8.10. The van der Waals surface area contributed by atoms with Gasteiger partial charge in [-0.25, -0.2) is 0 Å². The number of hydrogen-bond acceptors (Lipinski definition) is 4. The lowest BCUT2D eigenvalue weighted by atomic mass is 10.2. The maximum absolute atomic E-state index is 6.16. The molecule has 2 aromatic rings. The van der Waals surface area contributed by atoms with E-state index in [1.54, 1.807) is 0 Å². The van der Waals surface area contributed by atoms with Gasteiger partial charge in [0.05, 0.1) is 18.3 Å². The van der Waals surface area contributed by atoms with Gasteiger partial charge in [-0.3, -0.25) is 14.6 Å². The highest BCUT2D eigenvalue weighted by Crippen LogP contribution is 2.29. The molecule has 116 valence electrons. The van der Waals surface area contributed by atoms with E-state index < -0.39 is 0 Å². The Morgan fingerprint density at radius 2 is 2.14 bits per heavy atom. The molecule has 0 unspecified atom stereocenters. The fraction of sp³-hybridized carbons (Fsp3) is 0.529. The van der Waals surface area contributed by atoms with E-state index >= 15 is 0 Å².